The summed E-state index contributed by atoms with van der Waals surface area (Å²) in [5, 5.41) is 4.47. The van der Waals surface area contributed by atoms with Crippen molar-refractivity contribution in [3.63, 3.8) is 0 Å². The van der Waals surface area contributed by atoms with Crippen LogP contribution in [0.2, 0.25) is 5.02 Å². The molecular weight excluding hydrogens is 496 g/mol. The summed E-state index contributed by atoms with van der Waals surface area (Å²) < 4.78 is 0. The molecule has 4 N–H and O–H groups in total. The smallest absolute Gasteiger partial charge is 0.312 e. The van der Waals surface area contributed by atoms with Crippen molar-refractivity contribution < 1.29 is 19.2 Å². The number of fused-ring (bicyclic) bond motifs is 1. The molecule has 0 radical (unpaired) electrons. The van der Waals surface area contributed by atoms with Gasteiger partial charge in [0, 0.05) is 48.0 Å². The molecule has 3 unspecified atom stereocenters. The number of benzene rings is 1. The van der Waals surface area contributed by atoms with Gasteiger partial charge in [-0.2, -0.15) is 0 Å². The molecule has 4 rings (SSSR count). The van der Waals surface area contributed by atoms with Crippen LogP contribution < -0.4 is 11.1 Å². The number of halogens is 1. The Kier molecular flexibility index (Phi) is 8.08. The fraction of sp³-hybridized carbons (Fsp3) is 0.538. The lowest BCUT2D eigenvalue weighted by atomic mass is 9.79. The zero-order valence-corrected chi connectivity index (χ0v) is 22.3. The molecule has 0 spiro atoms. The molecular formula is C26H35ClN6O4. The summed E-state index contributed by atoms with van der Waals surface area (Å²) in [6.07, 6.45) is 2.76. The normalized spacial score (nSPS) is 23.0. The Hall–Kier alpha value is -3.11. The number of likely N-dealkylation sites (tertiary alicyclic amines) is 1. The first-order chi connectivity index (χ1) is 17.5. The average Bonchev–Trinajstić information content (AvgIpc) is 3.29. The van der Waals surface area contributed by atoms with E-state index in [-0.39, 0.29) is 23.8 Å². The maximum atomic E-state index is 13.3. The van der Waals surface area contributed by atoms with E-state index in [4.69, 9.17) is 17.3 Å². The van der Waals surface area contributed by atoms with E-state index in [1.54, 1.807) is 42.1 Å². The summed E-state index contributed by atoms with van der Waals surface area (Å²) in [6, 6.07) is 5.87. The number of nitrogens with two attached hydrogens (primary N) is 1. The molecule has 2 aliphatic rings. The maximum Gasteiger partial charge on any atom is 0.312 e. The summed E-state index contributed by atoms with van der Waals surface area (Å²) in [7, 11) is 5.42. The van der Waals surface area contributed by atoms with Crippen LogP contribution in [-0.2, 0) is 14.4 Å². The molecule has 4 amide bonds. The zero-order chi connectivity index (χ0) is 26.9. The van der Waals surface area contributed by atoms with E-state index >= 15 is 0 Å². The van der Waals surface area contributed by atoms with Crippen LogP contribution in [0.3, 0.4) is 0 Å². The molecule has 10 nitrogen and oxygen atoms in total. The number of rotatable bonds is 5. The molecule has 1 saturated carbocycles. The van der Waals surface area contributed by atoms with Gasteiger partial charge in [0.05, 0.1) is 6.04 Å². The van der Waals surface area contributed by atoms with Crippen LogP contribution in [0.25, 0.3) is 10.9 Å². The van der Waals surface area contributed by atoms with Crippen molar-refractivity contribution in [1.29, 1.82) is 0 Å². The van der Waals surface area contributed by atoms with Gasteiger partial charge in [-0.25, -0.2) is 0 Å². The highest BCUT2D eigenvalue weighted by Crippen LogP contribution is 2.33. The number of aromatic amines is 1. The number of amides is 4. The SMILES string of the molecule is CN1CCC(N(C(=O)C(N)=O)C2CC(C(=O)N(C)C)CCC2NC(=O)c2cc3cc(Cl)ccc3[nH]2)CC1. The van der Waals surface area contributed by atoms with Crippen LogP contribution in [0.5, 0.6) is 0 Å². The van der Waals surface area contributed by atoms with E-state index in [0.29, 0.717) is 42.8 Å². The number of carbonyl (C=O) groups excluding carboxylic acids is 4. The summed E-state index contributed by atoms with van der Waals surface area (Å²) in [6.45, 7) is 1.54. The number of piperidine rings is 1. The second kappa shape index (κ2) is 11.1. The highest BCUT2D eigenvalue weighted by molar-refractivity contribution is 6.34. The first-order valence-electron chi connectivity index (χ1n) is 12.7. The van der Waals surface area contributed by atoms with Crippen LogP contribution in [0.4, 0.5) is 0 Å². The van der Waals surface area contributed by atoms with Gasteiger partial charge in [0.25, 0.3) is 5.91 Å². The molecule has 1 aromatic heterocycles. The lowest BCUT2D eigenvalue weighted by Crippen LogP contribution is -2.62. The van der Waals surface area contributed by atoms with E-state index in [0.717, 1.165) is 24.0 Å². The Morgan fingerprint density at radius 2 is 1.78 bits per heavy atom. The topological polar surface area (TPSA) is 132 Å². The van der Waals surface area contributed by atoms with Gasteiger partial charge >= 0.3 is 11.8 Å². The minimum atomic E-state index is -1.03. The summed E-state index contributed by atoms with van der Waals surface area (Å²) in [5.41, 5.74) is 6.65. The Bertz CT molecular complexity index is 1190. The first-order valence-corrected chi connectivity index (χ1v) is 13.0. The molecule has 1 aliphatic heterocycles. The number of hydrogen-bond acceptors (Lipinski definition) is 5. The van der Waals surface area contributed by atoms with Crippen molar-refractivity contribution in [3.05, 3.63) is 35.0 Å². The Balaban J connectivity index is 1.64. The molecule has 1 saturated heterocycles. The van der Waals surface area contributed by atoms with Crippen molar-refractivity contribution >= 4 is 46.1 Å². The van der Waals surface area contributed by atoms with E-state index in [2.05, 4.69) is 15.2 Å². The lowest BCUT2D eigenvalue weighted by molar-refractivity contribution is -0.151. The van der Waals surface area contributed by atoms with Crippen LogP contribution in [0.15, 0.2) is 24.3 Å². The second-order valence-electron chi connectivity index (χ2n) is 10.4. The quantitative estimate of drug-likeness (QED) is 0.505. The van der Waals surface area contributed by atoms with Crippen molar-refractivity contribution in [2.24, 2.45) is 11.7 Å². The zero-order valence-electron chi connectivity index (χ0n) is 21.5. The van der Waals surface area contributed by atoms with Gasteiger partial charge in [-0.05, 0) is 76.5 Å². The number of carbonyl (C=O) groups is 4. The maximum absolute atomic E-state index is 13.3. The van der Waals surface area contributed by atoms with Gasteiger partial charge in [-0.1, -0.05) is 11.6 Å². The van der Waals surface area contributed by atoms with Crippen molar-refractivity contribution in [3.8, 4) is 0 Å². The summed E-state index contributed by atoms with van der Waals surface area (Å²) in [4.78, 5) is 60.0. The number of nitrogens with one attached hydrogen (secondary N) is 2. The molecule has 0 bridgehead atoms. The third-order valence-electron chi connectivity index (χ3n) is 7.63. The fourth-order valence-electron chi connectivity index (χ4n) is 5.67. The first kappa shape index (κ1) is 26.9. The standard InChI is InChI=1S/C26H35ClN6O4/c1-31(2)25(36)15-4-6-20(30-24(35)21-13-16-12-17(27)5-7-19(16)29-21)22(14-15)33(26(37)23(28)34)18-8-10-32(3)11-9-18/h5,7,12-13,15,18,20,22,29H,4,6,8-11,14H2,1-3H3,(H2,28,34)(H,30,35). The summed E-state index contributed by atoms with van der Waals surface area (Å²) >= 11 is 6.09. The Morgan fingerprint density at radius 1 is 1.08 bits per heavy atom. The molecule has 37 heavy (non-hydrogen) atoms. The monoisotopic (exact) mass is 530 g/mol. The number of nitrogens with zero attached hydrogens (tertiary/aromatic N) is 3. The van der Waals surface area contributed by atoms with Crippen molar-refractivity contribution in [2.45, 2.75) is 50.2 Å². The van der Waals surface area contributed by atoms with E-state index in [1.165, 1.54) is 0 Å². The number of hydrogen-bond donors (Lipinski definition) is 3. The van der Waals surface area contributed by atoms with Crippen molar-refractivity contribution in [2.75, 3.05) is 34.2 Å². The van der Waals surface area contributed by atoms with Gasteiger partial charge in [0.1, 0.15) is 5.69 Å². The molecule has 11 heteroatoms. The minimum absolute atomic E-state index is 0.0304. The van der Waals surface area contributed by atoms with Crippen molar-refractivity contribution in [1.82, 2.24) is 25.0 Å². The average molecular weight is 531 g/mol. The fourth-order valence-corrected chi connectivity index (χ4v) is 5.85. The molecule has 2 heterocycles. The van der Waals surface area contributed by atoms with Gasteiger partial charge in [0.2, 0.25) is 5.91 Å². The Labute approximate surface area is 221 Å². The molecule has 1 aliphatic carbocycles. The molecule has 1 aromatic carbocycles. The van der Waals surface area contributed by atoms with Crippen LogP contribution in [-0.4, -0.2) is 95.7 Å². The third kappa shape index (κ3) is 5.91. The molecule has 2 fully saturated rings. The molecule has 2 aromatic rings. The highest BCUT2D eigenvalue weighted by atomic mass is 35.5. The van der Waals surface area contributed by atoms with Crippen LogP contribution in [0.1, 0.15) is 42.6 Å². The van der Waals surface area contributed by atoms with Crippen LogP contribution in [0, 0.1) is 5.92 Å². The largest absolute Gasteiger partial charge is 0.361 e. The Morgan fingerprint density at radius 3 is 2.43 bits per heavy atom. The van der Waals surface area contributed by atoms with E-state index in [1.807, 2.05) is 13.1 Å². The predicted octanol–water partition coefficient (Wildman–Crippen LogP) is 1.58. The third-order valence-corrected chi connectivity index (χ3v) is 7.87. The number of primary amides is 1. The lowest BCUT2D eigenvalue weighted by Gasteiger charge is -2.47. The van der Waals surface area contributed by atoms with E-state index in [9.17, 15) is 19.2 Å². The van der Waals surface area contributed by atoms with Crippen LogP contribution >= 0.6 is 11.6 Å². The van der Waals surface area contributed by atoms with Gasteiger partial charge < -0.3 is 30.7 Å². The predicted molar refractivity (Wildman–Crippen MR) is 141 cm³/mol. The highest BCUT2D eigenvalue weighted by Gasteiger charge is 2.44. The van der Waals surface area contributed by atoms with Gasteiger partial charge in [0.15, 0.2) is 0 Å². The second-order valence-corrected chi connectivity index (χ2v) is 10.9. The number of H-pyrrole nitrogens is 1. The van der Waals surface area contributed by atoms with Gasteiger partial charge in [-0.3, -0.25) is 19.2 Å². The molecule has 3 atom stereocenters. The number of aromatic nitrogens is 1. The minimum Gasteiger partial charge on any atom is -0.361 e. The molecule has 200 valence electrons. The van der Waals surface area contributed by atoms with Gasteiger partial charge in [-0.15, -0.1) is 0 Å². The van der Waals surface area contributed by atoms with E-state index < -0.39 is 23.9 Å². The summed E-state index contributed by atoms with van der Waals surface area (Å²) in [5.74, 6) is -2.47.